The van der Waals surface area contributed by atoms with Crippen LogP contribution in [0, 0.1) is 0 Å². The second-order valence-corrected chi connectivity index (χ2v) is 4.65. The second kappa shape index (κ2) is 3.21. The highest BCUT2D eigenvalue weighted by molar-refractivity contribution is 6.01. The van der Waals surface area contributed by atoms with Gasteiger partial charge in [-0.2, -0.15) is 0 Å². The van der Waals surface area contributed by atoms with E-state index in [1.807, 2.05) is 0 Å². The highest BCUT2D eigenvalue weighted by atomic mass is 14.2. The van der Waals surface area contributed by atoms with Gasteiger partial charge in [0.25, 0.3) is 0 Å². The normalized spacial score (nSPS) is 12.5. The first kappa shape index (κ1) is 9.00. The molecule has 0 heterocycles. The lowest BCUT2D eigenvalue weighted by molar-refractivity contribution is 1.20. The summed E-state index contributed by atoms with van der Waals surface area (Å²) >= 11 is 0. The van der Waals surface area contributed by atoms with E-state index in [9.17, 15) is 0 Å². The van der Waals surface area contributed by atoms with Gasteiger partial charge in [-0.25, -0.2) is 0 Å². The zero-order valence-electron chi connectivity index (χ0n) is 9.48. The van der Waals surface area contributed by atoms with Crippen LogP contribution < -0.4 is 0 Å². The van der Waals surface area contributed by atoms with Crippen LogP contribution in [0.1, 0.15) is 11.1 Å². The lowest BCUT2D eigenvalue weighted by Crippen LogP contribution is -2.00. The third-order valence-corrected chi connectivity index (χ3v) is 3.68. The molecule has 1 aliphatic rings. The molecular formula is C17H12. The van der Waals surface area contributed by atoms with Gasteiger partial charge in [0, 0.05) is 0 Å². The van der Waals surface area contributed by atoms with Crippen LogP contribution in [0.2, 0.25) is 0 Å². The van der Waals surface area contributed by atoms with Crippen LogP contribution in [-0.4, -0.2) is 0 Å². The lowest BCUT2D eigenvalue weighted by Gasteiger charge is -2.20. The molecular weight excluding hydrogens is 204 g/mol. The first-order chi connectivity index (χ1) is 8.43. The predicted molar refractivity (Wildman–Crippen MR) is 72.2 cm³/mol. The summed E-state index contributed by atoms with van der Waals surface area (Å²) in [5, 5.41) is 2.79. The number of hydrogen-bond donors (Lipinski definition) is 0. The minimum Gasteiger partial charge on any atom is -0.0619 e. The molecule has 80 valence electrons. The van der Waals surface area contributed by atoms with Crippen LogP contribution in [-0.2, 0) is 6.42 Å². The Labute approximate surface area is 101 Å². The number of benzene rings is 3. The minimum absolute atomic E-state index is 1.06. The molecule has 0 unspecified atom stereocenters. The summed E-state index contributed by atoms with van der Waals surface area (Å²) in [5.41, 5.74) is 5.69. The summed E-state index contributed by atoms with van der Waals surface area (Å²) in [6.45, 7) is 0. The Bertz CT molecular complexity index is 718. The van der Waals surface area contributed by atoms with Crippen molar-refractivity contribution in [3.63, 3.8) is 0 Å². The van der Waals surface area contributed by atoms with Crippen LogP contribution in [0.5, 0.6) is 0 Å². The largest absolute Gasteiger partial charge is 0.0619 e. The van der Waals surface area contributed by atoms with E-state index in [2.05, 4.69) is 60.7 Å². The smallest absolute Gasteiger partial charge is 0.00132 e. The average molecular weight is 216 g/mol. The quantitative estimate of drug-likeness (QED) is 0.408. The van der Waals surface area contributed by atoms with Crippen molar-refractivity contribution < 1.29 is 0 Å². The van der Waals surface area contributed by atoms with Gasteiger partial charge in [-0.3, -0.25) is 0 Å². The van der Waals surface area contributed by atoms with E-state index in [0.29, 0.717) is 0 Å². The summed E-state index contributed by atoms with van der Waals surface area (Å²) < 4.78 is 0. The molecule has 0 spiro atoms. The molecule has 0 radical (unpaired) electrons. The molecule has 0 N–H and O–H groups in total. The van der Waals surface area contributed by atoms with Gasteiger partial charge in [0.2, 0.25) is 0 Å². The maximum atomic E-state index is 2.25. The SMILES string of the molecule is c1ccc2c(c1)Cc1cccc3cccc-2c13. The third kappa shape index (κ3) is 1.18. The lowest BCUT2D eigenvalue weighted by atomic mass is 9.84. The van der Waals surface area contributed by atoms with E-state index in [1.165, 1.54) is 33.0 Å². The van der Waals surface area contributed by atoms with E-state index in [0.717, 1.165) is 6.42 Å². The third-order valence-electron chi connectivity index (χ3n) is 3.68. The summed E-state index contributed by atoms with van der Waals surface area (Å²) in [6, 6.07) is 22.0. The standard InChI is InChI=1S/C17H12/c1-2-9-15-13(5-1)11-14-8-3-6-12-7-4-10-16(15)17(12)14/h1-10H,11H2. The molecule has 0 saturated carbocycles. The van der Waals surface area contributed by atoms with E-state index < -0.39 is 0 Å². The molecule has 4 rings (SSSR count). The van der Waals surface area contributed by atoms with Crippen molar-refractivity contribution in [3.05, 3.63) is 71.8 Å². The second-order valence-electron chi connectivity index (χ2n) is 4.65. The van der Waals surface area contributed by atoms with Gasteiger partial charge in [-0.15, -0.1) is 0 Å². The minimum atomic E-state index is 1.06. The van der Waals surface area contributed by atoms with Gasteiger partial charge in [-0.05, 0) is 39.4 Å². The van der Waals surface area contributed by atoms with Gasteiger partial charge in [0.15, 0.2) is 0 Å². The molecule has 17 heavy (non-hydrogen) atoms. The number of fused-ring (bicyclic) bond motifs is 2. The fraction of sp³-hybridized carbons (Fsp3) is 0.0588. The molecule has 0 fully saturated rings. The monoisotopic (exact) mass is 216 g/mol. The Morgan fingerprint density at radius 1 is 0.588 bits per heavy atom. The maximum absolute atomic E-state index is 2.25. The van der Waals surface area contributed by atoms with Crippen molar-refractivity contribution >= 4 is 10.8 Å². The first-order valence-electron chi connectivity index (χ1n) is 6.02. The number of hydrogen-bond acceptors (Lipinski definition) is 0. The van der Waals surface area contributed by atoms with Crippen molar-refractivity contribution in [1.29, 1.82) is 0 Å². The molecule has 0 aliphatic heterocycles. The van der Waals surface area contributed by atoms with Gasteiger partial charge >= 0.3 is 0 Å². The fourth-order valence-electron chi connectivity index (χ4n) is 2.93. The zero-order chi connectivity index (χ0) is 11.2. The Balaban J connectivity index is 2.22. The Kier molecular flexibility index (Phi) is 1.70. The number of rotatable bonds is 0. The predicted octanol–water partition coefficient (Wildman–Crippen LogP) is 4.41. The van der Waals surface area contributed by atoms with Crippen molar-refractivity contribution in [2.45, 2.75) is 6.42 Å². The first-order valence-corrected chi connectivity index (χ1v) is 6.02. The maximum Gasteiger partial charge on any atom is -0.00132 e. The summed E-state index contributed by atoms with van der Waals surface area (Å²) in [7, 11) is 0. The Morgan fingerprint density at radius 2 is 1.29 bits per heavy atom. The molecule has 0 amide bonds. The van der Waals surface area contributed by atoms with Gasteiger partial charge in [0.05, 0.1) is 0 Å². The van der Waals surface area contributed by atoms with E-state index in [1.54, 1.807) is 0 Å². The molecule has 3 aromatic rings. The fourth-order valence-corrected chi connectivity index (χ4v) is 2.93. The molecule has 1 aliphatic carbocycles. The molecule has 0 saturated heterocycles. The highest BCUT2D eigenvalue weighted by Gasteiger charge is 2.16. The van der Waals surface area contributed by atoms with E-state index >= 15 is 0 Å². The van der Waals surface area contributed by atoms with Crippen LogP contribution in [0.3, 0.4) is 0 Å². The van der Waals surface area contributed by atoms with E-state index in [-0.39, 0.29) is 0 Å². The van der Waals surface area contributed by atoms with Crippen molar-refractivity contribution in [1.82, 2.24) is 0 Å². The van der Waals surface area contributed by atoms with Crippen LogP contribution in [0.15, 0.2) is 60.7 Å². The van der Waals surface area contributed by atoms with Gasteiger partial charge < -0.3 is 0 Å². The Morgan fingerprint density at radius 3 is 2.24 bits per heavy atom. The molecule has 0 heteroatoms. The molecule has 3 aromatic carbocycles. The molecule has 0 aromatic heterocycles. The van der Waals surface area contributed by atoms with Crippen molar-refractivity contribution in [2.24, 2.45) is 0 Å². The average Bonchev–Trinajstić information content (AvgIpc) is 2.39. The summed E-state index contributed by atoms with van der Waals surface area (Å²) in [6.07, 6.45) is 1.06. The summed E-state index contributed by atoms with van der Waals surface area (Å²) in [4.78, 5) is 0. The molecule has 0 atom stereocenters. The van der Waals surface area contributed by atoms with Crippen molar-refractivity contribution in [2.75, 3.05) is 0 Å². The Hall–Kier alpha value is -2.08. The van der Waals surface area contributed by atoms with Crippen LogP contribution in [0.4, 0.5) is 0 Å². The molecule has 0 nitrogen and oxygen atoms in total. The zero-order valence-corrected chi connectivity index (χ0v) is 9.48. The van der Waals surface area contributed by atoms with E-state index in [4.69, 9.17) is 0 Å². The van der Waals surface area contributed by atoms with Crippen LogP contribution in [0.25, 0.3) is 21.9 Å². The van der Waals surface area contributed by atoms with Crippen molar-refractivity contribution in [3.8, 4) is 11.1 Å². The topological polar surface area (TPSA) is 0 Å². The molecule has 0 bridgehead atoms. The summed E-state index contributed by atoms with van der Waals surface area (Å²) in [5.74, 6) is 0. The van der Waals surface area contributed by atoms with Gasteiger partial charge in [0.1, 0.15) is 0 Å². The van der Waals surface area contributed by atoms with Crippen LogP contribution >= 0.6 is 0 Å². The van der Waals surface area contributed by atoms with Gasteiger partial charge in [-0.1, -0.05) is 60.7 Å². The highest BCUT2D eigenvalue weighted by Crippen LogP contribution is 2.38.